The molecule has 2 rings (SSSR count). The Hall–Kier alpha value is -1.37. The number of benzene rings is 1. The molecule has 0 spiro atoms. The van der Waals surface area contributed by atoms with Crippen LogP contribution in [0.4, 0.5) is 0 Å². The van der Waals surface area contributed by atoms with Gasteiger partial charge in [-0.2, -0.15) is 0 Å². The third-order valence-electron chi connectivity index (χ3n) is 2.79. The average molecular weight is 186 g/mol. The lowest BCUT2D eigenvalue weighted by molar-refractivity contribution is -0.109. The minimum Gasteiger partial charge on any atom is -0.303 e. The first-order valence-electron chi connectivity index (χ1n) is 5.00. The molecule has 0 heterocycles. The van der Waals surface area contributed by atoms with Gasteiger partial charge in [0.2, 0.25) is 0 Å². The Labute approximate surface area is 84.5 Å². The van der Waals surface area contributed by atoms with Gasteiger partial charge >= 0.3 is 0 Å². The molecule has 0 aliphatic heterocycles. The van der Waals surface area contributed by atoms with Gasteiger partial charge in [-0.15, -0.1) is 0 Å². The summed E-state index contributed by atoms with van der Waals surface area (Å²) in [5, 5.41) is 0. The van der Waals surface area contributed by atoms with E-state index in [2.05, 4.69) is 25.1 Å². The summed E-state index contributed by atoms with van der Waals surface area (Å²) < 4.78 is 0. The highest BCUT2D eigenvalue weighted by Gasteiger charge is 2.37. The number of allylic oxidation sites excluding steroid dienone is 1. The molecular formula is C13H14O. The van der Waals surface area contributed by atoms with Crippen LogP contribution in [0.15, 0.2) is 35.9 Å². The Morgan fingerprint density at radius 2 is 2.07 bits per heavy atom. The summed E-state index contributed by atoms with van der Waals surface area (Å²) in [6.45, 7) is 2.11. The van der Waals surface area contributed by atoms with E-state index in [1.165, 1.54) is 11.1 Å². The zero-order valence-electron chi connectivity index (χ0n) is 8.31. The Balaban J connectivity index is 2.08. The molecule has 1 fully saturated rings. The van der Waals surface area contributed by atoms with Crippen LogP contribution in [-0.2, 0) is 4.79 Å². The largest absolute Gasteiger partial charge is 0.303 e. The van der Waals surface area contributed by atoms with Gasteiger partial charge in [-0.3, -0.25) is 0 Å². The molecule has 0 N–H and O–H groups in total. The second-order valence-electron chi connectivity index (χ2n) is 3.94. The minimum absolute atomic E-state index is 0.287. The van der Waals surface area contributed by atoms with Crippen molar-refractivity contribution in [1.82, 2.24) is 0 Å². The zero-order valence-corrected chi connectivity index (χ0v) is 8.31. The quantitative estimate of drug-likeness (QED) is 0.663. The van der Waals surface area contributed by atoms with Crippen LogP contribution in [0, 0.1) is 11.8 Å². The molecule has 72 valence electrons. The minimum atomic E-state index is 0.287. The van der Waals surface area contributed by atoms with Gasteiger partial charge in [0.1, 0.15) is 6.29 Å². The van der Waals surface area contributed by atoms with E-state index in [4.69, 9.17) is 0 Å². The van der Waals surface area contributed by atoms with Crippen LogP contribution >= 0.6 is 0 Å². The second-order valence-corrected chi connectivity index (χ2v) is 3.94. The fourth-order valence-electron chi connectivity index (χ4n) is 1.81. The second kappa shape index (κ2) is 3.79. The number of carbonyl (C=O) groups is 1. The van der Waals surface area contributed by atoms with Crippen molar-refractivity contribution in [2.45, 2.75) is 13.3 Å². The maximum atomic E-state index is 10.5. The highest BCUT2D eigenvalue weighted by molar-refractivity contribution is 5.63. The Morgan fingerprint density at radius 1 is 1.36 bits per heavy atom. The van der Waals surface area contributed by atoms with Crippen molar-refractivity contribution in [3.8, 4) is 0 Å². The first-order chi connectivity index (χ1) is 6.81. The molecule has 1 aromatic rings. The standard InChI is InChI=1S/C13H14O/c1-10(13-8-12(13)9-14)7-11-5-3-2-4-6-11/h2-7,9,12-13H,8H2,1H3/b10-7+/t12-,13-/m1/s1. The summed E-state index contributed by atoms with van der Waals surface area (Å²) >= 11 is 0. The summed E-state index contributed by atoms with van der Waals surface area (Å²) in [7, 11) is 0. The van der Waals surface area contributed by atoms with E-state index in [0.29, 0.717) is 5.92 Å². The number of carbonyl (C=O) groups excluding carboxylic acids is 1. The smallest absolute Gasteiger partial charge is 0.123 e. The molecule has 1 aliphatic rings. The van der Waals surface area contributed by atoms with Gasteiger partial charge in [-0.25, -0.2) is 0 Å². The topological polar surface area (TPSA) is 17.1 Å². The number of hydrogen-bond donors (Lipinski definition) is 0. The van der Waals surface area contributed by atoms with Gasteiger partial charge in [0, 0.05) is 5.92 Å². The van der Waals surface area contributed by atoms with Gasteiger partial charge in [-0.1, -0.05) is 42.0 Å². The third kappa shape index (κ3) is 1.92. The van der Waals surface area contributed by atoms with Crippen LogP contribution < -0.4 is 0 Å². The molecular weight excluding hydrogens is 172 g/mol. The zero-order chi connectivity index (χ0) is 9.97. The lowest BCUT2D eigenvalue weighted by Crippen LogP contribution is -1.85. The molecule has 0 radical (unpaired) electrons. The molecule has 0 saturated heterocycles. The van der Waals surface area contributed by atoms with Crippen LogP contribution in [0.25, 0.3) is 6.08 Å². The third-order valence-corrected chi connectivity index (χ3v) is 2.79. The number of hydrogen-bond acceptors (Lipinski definition) is 1. The van der Waals surface area contributed by atoms with Crippen molar-refractivity contribution in [3.05, 3.63) is 41.5 Å². The van der Waals surface area contributed by atoms with Crippen molar-refractivity contribution in [2.24, 2.45) is 11.8 Å². The first kappa shape index (κ1) is 9.20. The van der Waals surface area contributed by atoms with Gasteiger partial charge in [-0.05, 0) is 24.8 Å². The predicted octanol–water partition coefficient (Wildman–Crippen LogP) is 2.92. The maximum absolute atomic E-state index is 10.5. The predicted molar refractivity (Wildman–Crippen MR) is 57.8 cm³/mol. The number of aldehydes is 1. The van der Waals surface area contributed by atoms with Crippen LogP contribution in [-0.4, -0.2) is 6.29 Å². The summed E-state index contributed by atoms with van der Waals surface area (Å²) in [6, 6.07) is 10.2. The van der Waals surface area contributed by atoms with E-state index in [1.54, 1.807) is 0 Å². The van der Waals surface area contributed by atoms with Gasteiger partial charge < -0.3 is 4.79 Å². The molecule has 0 bridgehead atoms. The van der Waals surface area contributed by atoms with Crippen molar-refractivity contribution in [3.63, 3.8) is 0 Å². The number of rotatable bonds is 3. The molecule has 1 aromatic carbocycles. The normalized spacial score (nSPS) is 25.9. The molecule has 1 heteroatoms. The molecule has 1 aliphatic carbocycles. The van der Waals surface area contributed by atoms with Gasteiger partial charge in [0.05, 0.1) is 0 Å². The summed E-state index contributed by atoms with van der Waals surface area (Å²) in [5.41, 5.74) is 2.55. The van der Waals surface area contributed by atoms with Gasteiger partial charge in [0.25, 0.3) is 0 Å². The van der Waals surface area contributed by atoms with Crippen molar-refractivity contribution in [2.75, 3.05) is 0 Å². The highest BCUT2D eigenvalue weighted by Crippen LogP contribution is 2.42. The van der Waals surface area contributed by atoms with Gasteiger partial charge in [0.15, 0.2) is 0 Å². The van der Waals surface area contributed by atoms with E-state index in [0.717, 1.165) is 12.7 Å². The van der Waals surface area contributed by atoms with Crippen LogP contribution in [0.3, 0.4) is 0 Å². The lowest BCUT2D eigenvalue weighted by atomic mass is 10.1. The van der Waals surface area contributed by atoms with Crippen LogP contribution in [0.5, 0.6) is 0 Å². The van der Waals surface area contributed by atoms with E-state index in [1.807, 2.05) is 18.2 Å². The van der Waals surface area contributed by atoms with Crippen LogP contribution in [0.2, 0.25) is 0 Å². The Kier molecular flexibility index (Phi) is 2.49. The summed E-state index contributed by atoms with van der Waals surface area (Å²) in [5.74, 6) is 0.794. The van der Waals surface area contributed by atoms with Crippen LogP contribution in [0.1, 0.15) is 18.9 Å². The SMILES string of the molecule is C/C(=C\c1ccccc1)[C@H]1C[C@@H]1C=O. The molecule has 0 amide bonds. The van der Waals surface area contributed by atoms with E-state index >= 15 is 0 Å². The molecule has 0 aromatic heterocycles. The molecule has 2 atom stereocenters. The van der Waals surface area contributed by atoms with E-state index < -0.39 is 0 Å². The average Bonchev–Trinajstić information content (AvgIpc) is 2.98. The molecule has 1 saturated carbocycles. The Morgan fingerprint density at radius 3 is 2.64 bits per heavy atom. The van der Waals surface area contributed by atoms with Crippen molar-refractivity contribution >= 4 is 12.4 Å². The fraction of sp³-hybridized carbons (Fsp3) is 0.308. The van der Waals surface area contributed by atoms with E-state index in [9.17, 15) is 4.79 Å². The van der Waals surface area contributed by atoms with Crippen molar-refractivity contribution in [1.29, 1.82) is 0 Å². The lowest BCUT2D eigenvalue weighted by Gasteiger charge is -1.98. The van der Waals surface area contributed by atoms with E-state index in [-0.39, 0.29) is 5.92 Å². The maximum Gasteiger partial charge on any atom is 0.123 e. The highest BCUT2D eigenvalue weighted by atomic mass is 16.1. The molecule has 0 unspecified atom stereocenters. The Bertz CT molecular complexity index is 351. The summed E-state index contributed by atoms with van der Waals surface area (Å²) in [4.78, 5) is 10.5. The molecule has 1 nitrogen and oxygen atoms in total. The van der Waals surface area contributed by atoms with Crippen molar-refractivity contribution < 1.29 is 4.79 Å². The summed E-state index contributed by atoms with van der Waals surface area (Å²) in [6.07, 6.45) is 4.29. The first-order valence-corrected chi connectivity index (χ1v) is 5.00. The monoisotopic (exact) mass is 186 g/mol. The molecule has 14 heavy (non-hydrogen) atoms. The fourth-order valence-corrected chi connectivity index (χ4v) is 1.81.